The van der Waals surface area contributed by atoms with Crippen molar-refractivity contribution in [2.24, 2.45) is 7.05 Å². The van der Waals surface area contributed by atoms with Crippen molar-refractivity contribution in [1.29, 1.82) is 0 Å². The number of nitrogens with zero attached hydrogens (tertiary/aromatic N) is 2. The molecule has 0 saturated carbocycles. The van der Waals surface area contributed by atoms with Crippen LogP contribution in [0.2, 0.25) is 0 Å². The molecule has 2 heterocycles. The van der Waals surface area contributed by atoms with Crippen LogP contribution in [0.25, 0.3) is 11.3 Å². The van der Waals surface area contributed by atoms with Gasteiger partial charge in [-0.2, -0.15) is 5.10 Å². The minimum atomic E-state index is 0.596. The third-order valence-electron chi connectivity index (χ3n) is 2.19. The van der Waals surface area contributed by atoms with Crippen LogP contribution in [-0.4, -0.2) is 14.8 Å². The lowest BCUT2D eigenvalue weighted by Crippen LogP contribution is -1.93. The van der Waals surface area contributed by atoms with Crippen molar-refractivity contribution in [1.82, 2.24) is 14.8 Å². The second kappa shape index (κ2) is 2.65. The van der Waals surface area contributed by atoms with E-state index in [-0.39, 0.29) is 0 Å². The van der Waals surface area contributed by atoms with E-state index >= 15 is 0 Å². The van der Waals surface area contributed by atoms with Crippen LogP contribution in [0.4, 0.5) is 5.82 Å². The third-order valence-corrected chi connectivity index (χ3v) is 2.19. The minimum Gasteiger partial charge on any atom is -0.382 e. The Morgan fingerprint density at radius 3 is 2.77 bits per heavy atom. The van der Waals surface area contributed by atoms with Crippen molar-refractivity contribution in [3.8, 4) is 11.3 Å². The quantitative estimate of drug-likeness (QED) is 0.688. The highest BCUT2D eigenvalue weighted by Gasteiger charge is 2.11. The standard InChI is InChI=1S/C9H12N4/c1-6-8(7-3-4-11-5-7)13(2)12-9(6)10/h3-5,11H,1-2H3,(H2,10,12). The van der Waals surface area contributed by atoms with Gasteiger partial charge in [0, 0.05) is 30.6 Å². The maximum absolute atomic E-state index is 5.71. The molecule has 4 heteroatoms. The Bertz CT molecular complexity index is 411. The monoisotopic (exact) mass is 176 g/mol. The van der Waals surface area contributed by atoms with Crippen LogP contribution in [0.15, 0.2) is 18.5 Å². The SMILES string of the molecule is Cc1c(N)nn(C)c1-c1cc[nH]c1. The molecule has 0 spiro atoms. The summed E-state index contributed by atoms with van der Waals surface area (Å²) in [5, 5.41) is 4.15. The van der Waals surface area contributed by atoms with E-state index in [0.717, 1.165) is 16.8 Å². The summed E-state index contributed by atoms with van der Waals surface area (Å²) < 4.78 is 1.80. The third kappa shape index (κ3) is 1.11. The molecular formula is C9H12N4. The Morgan fingerprint density at radius 1 is 1.54 bits per heavy atom. The Hall–Kier alpha value is -1.71. The number of nitrogens with one attached hydrogen (secondary N) is 1. The van der Waals surface area contributed by atoms with Gasteiger partial charge in [-0.3, -0.25) is 4.68 Å². The Labute approximate surface area is 76.4 Å². The van der Waals surface area contributed by atoms with Crippen molar-refractivity contribution >= 4 is 5.82 Å². The van der Waals surface area contributed by atoms with Crippen molar-refractivity contribution < 1.29 is 0 Å². The topological polar surface area (TPSA) is 59.6 Å². The molecule has 68 valence electrons. The molecule has 0 aliphatic heterocycles. The van der Waals surface area contributed by atoms with E-state index in [0.29, 0.717) is 5.82 Å². The number of aromatic nitrogens is 3. The van der Waals surface area contributed by atoms with Gasteiger partial charge in [-0.15, -0.1) is 0 Å². The van der Waals surface area contributed by atoms with Crippen LogP contribution in [0.1, 0.15) is 5.56 Å². The lowest BCUT2D eigenvalue weighted by molar-refractivity contribution is 0.780. The number of aromatic amines is 1. The molecule has 0 bridgehead atoms. The zero-order valence-corrected chi connectivity index (χ0v) is 7.70. The average Bonchev–Trinajstić information content (AvgIpc) is 2.63. The van der Waals surface area contributed by atoms with E-state index in [2.05, 4.69) is 10.1 Å². The summed E-state index contributed by atoms with van der Waals surface area (Å²) in [7, 11) is 1.89. The first-order valence-corrected chi connectivity index (χ1v) is 4.12. The van der Waals surface area contributed by atoms with Crippen LogP contribution >= 0.6 is 0 Å². The summed E-state index contributed by atoms with van der Waals surface area (Å²) in [6.45, 7) is 1.98. The zero-order chi connectivity index (χ0) is 9.42. The Balaban J connectivity index is 2.64. The van der Waals surface area contributed by atoms with Gasteiger partial charge in [0.2, 0.25) is 0 Å². The molecule has 2 rings (SSSR count). The predicted molar refractivity (Wildman–Crippen MR) is 52.1 cm³/mol. The molecule has 0 saturated heterocycles. The maximum atomic E-state index is 5.71. The van der Waals surface area contributed by atoms with Crippen LogP contribution < -0.4 is 5.73 Å². The van der Waals surface area contributed by atoms with E-state index in [4.69, 9.17) is 5.73 Å². The highest BCUT2D eigenvalue weighted by molar-refractivity contribution is 5.67. The molecular weight excluding hydrogens is 164 g/mol. The number of H-pyrrole nitrogens is 1. The minimum absolute atomic E-state index is 0.596. The molecule has 0 radical (unpaired) electrons. The van der Waals surface area contributed by atoms with Gasteiger partial charge in [0.1, 0.15) is 5.82 Å². The summed E-state index contributed by atoms with van der Waals surface area (Å²) in [5.41, 5.74) is 8.92. The summed E-state index contributed by atoms with van der Waals surface area (Å²) >= 11 is 0. The number of anilines is 1. The van der Waals surface area contributed by atoms with E-state index in [1.54, 1.807) is 4.68 Å². The highest BCUT2D eigenvalue weighted by Crippen LogP contribution is 2.25. The summed E-state index contributed by atoms with van der Waals surface area (Å²) in [6, 6.07) is 2.00. The fourth-order valence-corrected chi connectivity index (χ4v) is 1.53. The first kappa shape index (κ1) is 7.91. The molecule has 13 heavy (non-hydrogen) atoms. The van der Waals surface area contributed by atoms with Gasteiger partial charge in [-0.05, 0) is 13.0 Å². The lowest BCUT2D eigenvalue weighted by Gasteiger charge is -1.98. The number of hydrogen-bond acceptors (Lipinski definition) is 2. The van der Waals surface area contributed by atoms with Crippen LogP contribution in [0.5, 0.6) is 0 Å². The fraction of sp³-hybridized carbons (Fsp3) is 0.222. The maximum Gasteiger partial charge on any atom is 0.148 e. The molecule has 0 aromatic carbocycles. The van der Waals surface area contributed by atoms with Crippen molar-refractivity contribution in [2.45, 2.75) is 6.92 Å². The van der Waals surface area contributed by atoms with E-state index in [1.165, 1.54) is 0 Å². The first-order valence-electron chi connectivity index (χ1n) is 4.12. The second-order valence-electron chi connectivity index (χ2n) is 3.08. The van der Waals surface area contributed by atoms with Crippen molar-refractivity contribution in [3.63, 3.8) is 0 Å². The summed E-state index contributed by atoms with van der Waals surface area (Å²) in [4.78, 5) is 3.01. The molecule has 2 aromatic heterocycles. The summed E-state index contributed by atoms with van der Waals surface area (Å²) in [6.07, 6.45) is 3.82. The lowest BCUT2D eigenvalue weighted by atomic mass is 10.1. The van der Waals surface area contributed by atoms with Gasteiger partial charge in [-0.1, -0.05) is 0 Å². The molecule has 0 unspecified atom stereocenters. The van der Waals surface area contributed by atoms with E-state index < -0.39 is 0 Å². The molecule has 2 aromatic rings. The molecule has 3 N–H and O–H groups in total. The van der Waals surface area contributed by atoms with Crippen molar-refractivity contribution in [3.05, 3.63) is 24.0 Å². The predicted octanol–water partition coefficient (Wildman–Crippen LogP) is 1.31. The van der Waals surface area contributed by atoms with Gasteiger partial charge in [0.05, 0.1) is 5.69 Å². The number of hydrogen-bond donors (Lipinski definition) is 2. The number of nitrogens with two attached hydrogens (primary N) is 1. The molecule has 4 nitrogen and oxygen atoms in total. The Kier molecular flexibility index (Phi) is 1.62. The number of rotatable bonds is 1. The van der Waals surface area contributed by atoms with Gasteiger partial charge < -0.3 is 10.7 Å². The fourth-order valence-electron chi connectivity index (χ4n) is 1.53. The van der Waals surface area contributed by atoms with Crippen LogP contribution in [0.3, 0.4) is 0 Å². The number of nitrogen functional groups attached to an aromatic ring is 1. The first-order chi connectivity index (χ1) is 6.20. The van der Waals surface area contributed by atoms with Gasteiger partial charge in [-0.25, -0.2) is 0 Å². The Morgan fingerprint density at radius 2 is 2.31 bits per heavy atom. The normalized spacial score (nSPS) is 10.6. The molecule has 0 amide bonds. The number of aryl methyl sites for hydroxylation is 1. The zero-order valence-electron chi connectivity index (χ0n) is 7.70. The summed E-state index contributed by atoms with van der Waals surface area (Å²) in [5.74, 6) is 0.596. The molecule has 0 fully saturated rings. The van der Waals surface area contributed by atoms with Gasteiger partial charge in [0.15, 0.2) is 0 Å². The van der Waals surface area contributed by atoms with Crippen molar-refractivity contribution in [2.75, 3.05) is 5.73 Å². The average molecular weight is 176 g/mol. The van der Waals surface area contributed by atoms with Crippen LogP contribution in [0, 0.1) is 6.92 Å². The van der Waals surface area contributed by atoms with Crippen LogP contribution in [-0.2, 0) is 7.05 Å². The van der Waals surface area contributed by atoms with Gasteiger partial charge >= 0.3 is 0 Å². The second-order valence-corrected chi connectivity index (χ2v) is 3.08. The highest BCUT2D eigenvalue weighted by atomic mass is 15.3. The largest absolute Gasteiger partial charge is 0.382 e. The molecule has 0 atom stereocenters. The smallest absolute Gasteiger partial charge is 0.148 e. The van der Waals surface area contributed by atoms with E-state index in [1.807, 2.05) is 32.4 Å². The van der Waals surface area contributed by atoms with E-state index in [9.17, 15) is 0 Å². The molecule has 0 aliphatic carbocycles. The molecule has 0 aliphatic rings. The van der Waals surface area contributed by atoms with Gasteiger partial charge in [0.25, 0.3) is 0 Å².